The summed E-state index contributed by atoms with van der Waals surface area (Å²) in [5, 5.41) is 16.4. The molecule has 0 aliphatic heterocycles. The van der Waals surface area contributed by atoms with Crippen molar-refractivity contribution >= 4 is 5.69 Å². The van der Waals surface area contributed by atoms with E-state index in [1.165, 1.54) is 0 Å². The van der Waals surface area contributed by atoms with Crippen molar-refractivity contribution in [2.75, 3.05) is 0 Å². The Bertz CT molecular complexity index is 311. The fourth-order valence-corrected chi connectivity index (χ4v) is 0.830. The highest BCUT2D eigenvalue weighted by molar-refractivity contribution is 5.34. The molecule has 0 aliphatic rings. The molecule has 3 heteroatoms. The van der Waals surface area contributed by atoms with E-state index in [0.717, 1.165) is 5.69 Å². The molecule has 0 heterocycles. The molecular formula is C10H11N3. The third kappa shape index (κ3) is 3.04. The summed E-state index contributed by atoms with van der Waals surface area (Å²) in [5.74, 6) is 0. The van der Waals surface area contributed by atoms with Crippen molar-refractivity contribution in [2.24, 2.45) is 10.2 Å². The van der Waals surface area contributed by atoms with Crippen LogP contribution in [-0.2, 0) is 0 Å². The zero-order chi connectivity index (χ0) is 9.52. The Morgan fingerprint density at radius 2 is 2.08 bits per heavy atom. The highest BCUT2D eigenvalue weighted by Crippen LogP contribution is 2.11. The van der Waals surface area contributed by atoms with Crippen LogP contribution in [0.1, 0.15) is 13.3 Å². The van der Waals surface area contributed by atoms with E-state index in [1.54, 1.807) is 0 Å². The zero-order valence-electron chi connectivity index (χ0n) is 7.51. The van der Waals surface area contributed by atoms with Crippen molar-refractivity contribution in [1.29, 1.82) is 5.26 Å². The number of benzene rings is 1. The van der Waals surface area contributed by atoms with Crippen LogP contribution in [0.4, 0.5) is 5.69 Å². The summed E-state index contributed by atoms with van der Waals surface area (Å²) >= 11 is 0. The van der Waals surface area contributed by atoms with Crippen LogP contribution in [0.3, 0.4) is 0 Å². The van der Waals surface area contributed by atoms with Crippen LogP contribution in [0, 0.1) is 11.3 Å². The van der Waals surface area contributed by atoms with Crippen LogP contribution in [0.5, 0.6) is 0 Å². The lowest BCUT2D eigenvalue weighted by molar-refractivity contribution is 0.753. The van der Waals surface area contributed by atoms with Crippen molar-refractivity contribution < 1.29 is 0 Å². The maximum Gasteiger partial charge on any atom is 0.157 e. The SMILES string of the molecule is CCC(C#N)N=Nc1ccccc1. The minimum atomic E-state index is -0.319. The first-order chi connectivity index (χ1) is 6.36. The summed E-state index contributed by atoms with van der Waals surface area (Å²) in [5.41, 5.74) is 0.788. The van der Waals surface area contributed by atoms with E-state index in [1.807, 2.05) is 37.3 Å². The Labute approximate surface area is 77.7 Å². The molecule has 0 saturated heterocycles. The van der Waals surface area contributed by atoms with Crippen LogP contribution in [0.25, 0.3) is 0 Å². The monoisotopic (exact) mass is 173 g/mol. The average Bonchev–Trinajstić information content (AvgIpc) is 2.21. The molecule has 1 aromatic rings. The summed E-state index contributed by atoms with van der Waals surface area (Å²) in [6, 6.07) is 11.2. The topological polar surface area (TPSA) is 48.5 Å². The first-order valence-electron chi connectivity index (χ1n) is 4.22. The Balaban J connectivity index is 2.64. The number of nitrogens with zero attached hydrogens (tertiary/aromatic N) is 3. The maximum atomic E-state index is 8.60. The Hall–Kier alpha value is -1.69. The van der Waals surface area contributed by atoms with Crippen molar-refractivity contribution in [3.8, 4) is 6.07 Å². The van der Waals surface area contributed by atoms with Crippen molar-refractivity contribution in [3.63, 3.8) is 0 Å². The standard InChI is InChI=1S/C10H11N3/c1-2-9(8-11)12-13-10-6-4-3-5-7-10/h3-7,9H,2H2,1H3. The quantitative estimate of drug-likeness (QED) is 0.648. The summed E-state index contributed by atoms with van der Waals surface area (Å²) in [6.45, 7) is 1.91. The molecule has 0 spiro atoms. The van der Waals surface area contributed by atoms with Crippen molar-refractivity contribution in [2.45, 2.75) is 19.4 Å². The molecule has 0 fully saturated rings. The number of nitriles is 1. The molecule has 1 aromatic carbocycles. The Kier molecular flexibility index (Phi) is 3.65. The summed E-state index contributed by atoms with van der Waals surface area (Å²) < 4.78 is 0. The van der Waals surface area contributed by atoms with E-state index in [9.17, 15) is 0 Å². The summed E-state index contributed by atoms with van der Waals surface area (Å²) in [4.78, 5) is 0. The van der Waals surface area contributed by atoms with Gasteiger partial charge in [0, 0.05) is 0 Å². The second-order valence-corrected chi connectivity index (χ2v) is 2.60. The van der Waals surface area contributed by atoms with Gasteiger partial charge in [-0.1, -0.05) is 25.1 Å². The molecule has 0 aromatic heterocycles. The molecule has 1 atom stereocenters. The second kappa shape index (κ2) is 5.04. The van der Waals surface area contributed by atoms with Crippen LogP contribution >= 0.6 is 0 Å². The maximum absolute atomic E-state index is 8.60. The van der Waals surface area contributed by atoms with E-state index in [-0.39, 0.29) is 6.04 Å². The normalized spacial score (nSPS) is 12.6. The number of rotatable bonds is 3. The van der Waals surface area contributed by atoms with Gasteiger partial charge in [-0.05, 0) is 18.6 Å². The minimum absolute atomic E-state index is 0.319. The van der Waals surface area contributed by atoms with Gasteiger partial charge < -0.3 is 0 Å². The van der Waals surface area contributed by atoms with Crippen LogP contribution in [-0.4, -0.2) is 6.04 Å². The van der Waals surface area contributed by atoms with Gasteiger partial charge in [-0.2, -0.15) is 15.5 Å². The Morgan fingerprint density at radius 1 is 1.38 bits per heavy atom. The van der Waals surface area contributed by atoms with E-state index >= 15 is 0 Å². The lowest BCUT2D eigenvalue weighted by Gasteiger charge is -1.95. The van der Waals surface area contributed by atoms with E-state index < -0.39 is 0 Å². The molecule has 0 amide bonds. The predicted octanol–water partition coefficient (Wildman–Crippen LogP) is 3.07. The van der Waals surface area contributed by atoms with Gasteiger partial charge in [0.05, 0.1) is 11.8 Å². The van der Waals surface area contributed by atoms with Gasteiger partial charge in [0.25, 0.3) is 0 Å². The molecule has 0 aliphatic carbocycles. The zero-order valence-corrected chi connectivity index (χ0v) is 7.51. The van der Waals surface area contributed by atoms with Gasteiger partial charge >= 0.3 is 0 Å². The average molecular weight is 173 g/mol. The van der Waals surface area contributed by atoms with Gasteiger partial charge in [-0.25, -0.2) is 0 Å². The smallest absolute Gasteiger partial charge is 0.157 e. The van der Waals surface area contributed by atoms with Gasteiger partial charge in [-0.3, -0.25) is 0 Å². The summed E-state index contributed by atoms with van der Waals surface area (Å²) in [7, 11) is 0. The molecule has 13 heavy (non-hydrogen) atoms. The van der Waals surface area contributed by atoms with Crippen molar-refractivity contribution in [1.82, 2.24) is 0 Å². The lowest BCUT2D eigenvalue weighted by Crippen LogP contribution is -1.94. The van der Waals surface area contributed by atoms with E-state index in [2.05, 4.69) is 16.3 Å². The molecule has 66 valence electrons. The third-order valence-corrected chi connectivity index (χ3v) is 1.60. The highest BCUT2D eigenvalue weighted by atomic mass is 15.1. The van der Waals surface area contributed by atoms with Gasteiger partial charge in [0.2, 0.25) is 0 Å². The molecule has 1 unspecified atom stereocenters. The largest absolute Gasteiger partial charge is 0.196 e. The third-order valence-electron chi connectivity index (χ3n) is 1.60. The van der Waals surface area contributed by atoms with Gasteiger partial charge in [0.15, 0.2) is 6.04 Å². The van der Waals surface area contributed by atoms with Gasteiger partial charge in [0.1, 0.15) is 0 Å². The van der Waals surface area contributed by atoms with Crippen LogP contribution in [0.15, 0.2) is 40.6 Å². The van der Waals surface area contributed by atoms with Gasteiger partial charge in [-0.15, -0.1) is 0 Å². The number of hydrogen-bond donors (Lipinski definition) is 0. The summed E-state index contributed by atoms with van der Waals surface area (Å²) in [6.07, 6.45) is 0.701. The predicted molar refractivity (Wildman–Crippen MR) is 50.7 cm³/mol. The molecule has 0 bridgehead atoms. The van der Waals surface area contributed by atoms with E-state index in [0.29, 0.717) is 6.42 Å². The molecule has 3 nitrogen and oxygen atoms in total. The molecule has 0 N–H and O–H groups in total. The second-order valence-electron chi connectivity index (χ2n) is 2.60. The minimum Gasteiger partial charge on any atom is -0.196 e. The van der Waals surface area contributed by atoms with E-state index in [4.69, 9.17) is 5.26 Å². The molecule has 0 saturated carbocycles. The lowest BCUT2D eigenvalue weighted by atomic mass is 10.3. The van der Waals surface area contributed by atoms with Crippen LogP contribution in [0.2, 0.25) is 0 Å². The fraction of sp³-hybridized carbons (Fsp3) is 0.300. The van der Waals surface area contributed by atoms with Crippen molar-refractivity contribution in [3.05, 3.63) is 30.3 Å². The molecular weight excluding hydrogens is 162 g/mol. The number of hydrogen-bond acceptors (Lipinski definition) is 3. The molecule has 1 rings (SSSR count). The fourth-order valence-electron chi connectivity index (χ4n) is 0.830. The first kappa shape index (κ1) is 9.40. The number of azo groups is 1. The van der Waals surface area contributed by atoms with Crippen LogP contribution < -0.4 is 0 Å². The first-order valence-corrected chi connectivity index (χ1v) is 4.22. The highest BCUT2D eigenvalue weighted by Gasteiger charge is 1.98. The Morgan fingerprint density at radius 3 is 2.62 bits per heavy atom. The molecule has 0 radical (unpaired) electrons.